The minimum Gasteiger partial charge on any atom is -0.264 e. The first-order chi connectivity index (χ1) is 8.05. The molecule has 1 rings (SSSR count). The molecule has 0 aliphatic rings. The third-order valence-electron chi connectivity index (χ3n) is 2.34. The first-order valence-electron chi connectivity index (χ1n) is 5.51. The van der Waals surface area contributed by atoms with Gasteiger partial charge in [-0.2, -0.15) is 0 Å². The highest BCUT2D eigenvalue weighted by Gasteiger charge is 2.15. The van der Waals surface area contributed by atoms with E-state index >= 15 is 0 Å². The molecule has 96 valence electrons. The number of hydrogen-bond donors (Lipinski definition) is 1. The molecule has 0 saturated heterocycles. The van der Waals surface area contributed by atoms with Gasteiger partial charge >= 0.3 is 0 Å². The molecule has 17 heavy (non-hydrogen) atoms. The Morgan fingerprint density at radius 1 is 1.47 bits per heavy atom. The van der Waals surface area contributed by atoms with Crippen molar-refractivity contribution >= 4 is 21.6 Å². The lowest BCUT2D eigenvalue weighted by Gasteiger charge is -2.13. The number of alkyl halides is 1. The fourth-order valence-electron chi connectivity index (χ4n) is 1.41. The lowest BCUT2D eigenvalue weighted by molar-refractivity contribution is 0.563. The van der Waals surface area contributed by atoms with Gasteiger partial charge in [0.25, 0.3) is 0 Å². The summed E-state index contributed by atoms with van der Waals surface area (Å²) in [4.78, 5) is 3.96. The first-order valence-corrected chi connectivity index (χ1v) is 7.70. The number of nitrogens with one attached hydrogen (secondary N) is 1. The number of aromatic nitrogens is 1. The van der Waals surface area contributed by atoms with Crippen molar-refractivity contribution in [1.29, 1.82) is 0 Å². The normalized spacial score (nSPS) is 13.5. The lowest BCUT2D eigenvalue weighted by Crippen LogP contribution is -2.29. The molecule has 1 atom stereocenters. The summed E-state index contributed by atoms with van der Waals surface area (Å²) in [6, 6.07) is 3.37. The van der Waals surface area contributed by atoms with Crippen molar-refractivity contribution in [2.75, 3.05) is 11.6 Å². The van der Waals surface area contributed by atoms with Crippen LogP contribution in [0.2, 0.25) is 0 Å². The Morgan fingerprint density at radius 3 is 2.82 bits per heavy atom. The van der Waals surface area contributed by atoms with Gasteiger partial charge in [0.1, 0.15) is 0 Å². The monoisotopic (exact) mass is 276 g/mol. The Hall–Kier alpha value is -0.650. The molecular weight excluding hydrogens is 260 g/mol. The van der Waals surface area contributed by atoms with Gasteiger partial charge in [-0.15, -0.1) is 11.6 Å². The second kappa shape index (κ2) is 6.93. The van der Waals surface area contributed by atoms with Gasteiger partial charge in [0.05, 0.1) is 5.75 Å². The highest BCUT2D eigenvalue weighted by Crippen LogP contribution is 2.11. The molecule has 0 radical (unpaired) electrons. The van der Waals surface area contributed by atoms with E-state index in [1.807, 2.05) is 6.07 Å². The average Bonchev–Trinajstić information content (AvgIpc) is 2.30. The molecule has 0 aliphatic heterocycles. The Balaban J connectivity index is 2.53. The van der Waals surface area contributed by atoms with Crippen molar-refractivity contribution in [1.82, 2.24) is 9.71 Å². The van der Waals surface area contributed by atoms with E-state index in [0.717, 1.165) is 5.56 Å². The molecule has 4 nitrogen and oxygen atoms in total. The zero-order valence-electron chi connectivity index (χ0n) is 9.77. The smallest absolute Gasteiger partial charge is 0.212 e. The fraction of sp³-hybridized carbons (Fsp3) is 0.545. The number of halogens is 1. The number of rotatable bonds is 7. The van der Waals surface area contributed by atoms with Crippen molar-refractivity contribution in [2.45, 2.75) is 25.8 Å². The summed E-state index contributed by atoms with van der Waals surface area (Å²) in [6.45, 7) is 1.80. The van der Waals surface area contributed by atoms with Crippen LogP contribution < -0.4 is 4.72 Å². The van der Waals surface area contributed by atoms with E-state index in [9.17, 15) is 8.42 Å². The molecule has 0 saturated carbocycles. The van der Waals surface area contributed by atoms with Gasteiger partial charge in [-0.05, 0) is 31.4 Å². The van der Waals surface area contributed by atoms with Crippen LogP contribution in [-0.2, 0) is 10.0 Å². The van der Waals surface area contributed by atoms with E-state index in [4.69, 9.17) is 11.6 Å². The van der Waals surface area contributed by atoms with Crippen molar-refractivity contribution in [3.05, 3.63) is 30.1 Å². The molecule has 0 amide bonds. The van der Waals surface area contributed by atoms with Crippen molar-refractivity contribution < 1.29 is 8.42 Å². The van der Waals surface area contributed by atoms with Crippen LogP contribution in [0.5, 0.6) is 0 Å². The molecule has 0 unspecified atom stereocenters. The minimum absolute atomic E-state index is 0.115. The van der Waals surface area contributed by atoms with E-state index in [2.05, 4.69) is 9.71 Å². The SMILES string of the molecule is C[C@@H](NS(=O)(=O)CCCCCl)c1cccnc1. The largest absolute Gasteiger partial charge is 0.264 e. The molecule has 0 bridgehead atoms. The van der Waals surface area contributed by atoms with E-state index in [0.29, 0.717) is 18.7 Å². The second-order valence-electron chi connectivity index (χ2n) is 3.84. The Morgan fingerprint density at radius 2 is 2.24 bits per heavy atom. The number of sulfonamides is 1. The Kier molecular flexibility index (Phi) is 5.88. The molecule has 0 aromatic carbocycles. The molecule has 1 N–H and O–H groups in total. The van der Waals surface area contributed by atoms with Crippen LogP contribution in [0.15, 0.2) is 24.5 Å². The molecule has 0 aliphatic carbocycles. The summed E-state index contributed by atoms with van der Waals surface area (Å²) < 4.78 is 26.0. The average molecular weight is 277 g/mol. The van der Waals surface area contributed by atoms with Crippen LogP contribution in [-0.4, -0.2) is 25.0 Å². The highest BCUT2D eigenvalue weighted by molar-refractivity contribution is 7.89. The third kappa shape index (κ3) is 5.48. The second-order valence-corrected chi connectivity index (χ2v) is 6.09. The summed E-state index contributed by atoms with van der Waals surface area (Å²) in [5.74, 6) is 0.609. The topological polar surface area (TPSA) is 59.1 Å². The van der Waals surface area contributed by atoms with Crippen LogP contribution in [0, 0.1) is 0 Å². The molecule has 0 spiro atoms. The van der Waals surface area contributed by atoms with Crippen LogP contribution in [0.1, 0.15) is 31.4 Å². The van der Waals surface area contributed by atoms with Gasteiger partial charge in [0.2, 0.25) is 10.0 Å². The maximum absolute atomic E-state index is 11.7. The summed E-state index contributed by atoms with van der Waals surface area (Å²) in [6.07, 6.45) is 4.61. The molecule has 0 fully saturated rings. The summed E-state index contributed by atoms with van der Waals surface area (Å²) in [5.41, 5.74) is 0.855. The zero-order valence-corrected chi connectivity index (χ0v) is 11.3. The van der Waals surface area contributed by atoms with Gasteiger partial charge in [0, 0.05) is 24.3 Å². The van der Waals surface area contributed by atoms with Gasteiger partial charge in [-0.3, -0.25) is 4.98 Å². The van der Waals surface area contributed by atoms with Crippen LogP contribution in [0.25, 0.3) is 0 Å². The van der Waals surface area contributed by atoms with E-state index in [-0.39, 0.29) is 11.8 Å². The van der Waals surface area contributed by atoms with Gasteiger partial charge < -0.3 is 0 Å². The molecule has 6 heteroatoms. The van der Waals surface area contributed by atoms with Gasteiger partial charge in [-0.1, -0.05) is 6.07 Å². The number of nitrogens with zero attached hydrogens (tertiary/aromatic N) is 1. The van der Waals surface area contributed by atoms with Crippen molar-refractivity contribution in [2.24, 2.45) is 0 Å². The minimum atomic E-state index is -3.24. The standard InChI is InChI=1S/C11H17ClN2O2S/c1-10(11-5-4-7-13-9-11)14-17(15,16)8-3-2-6-12/h4-5,7,9-10,14H,2-3,6,8H2,1H3/t10-/m1/s1. The van der Waals surface area contributed by atoms with E-state index < -0.39 is 10.0 Å². The van der Waals surface area contributed by atoms with Crippen LogP contribution in [0.4, 0.5) is 0 Å². The fourth-order valence-corrected chi connectivity index (χ4v) is 2.98. The maximum atomic E-state index is 11.7. The molecule has 1 heterocycles. The zero-order chi connectivity index (χ0) is 12.7. The first kappa shape index (κ1) is 14.4. The van der Waals surface area contributed by atoms with Crippen LogP contribution >= 0.6 is 11.6 Å². The van der Waals surface area contributed by atoms with E-state index in [1.165, 1.54) is 0 Å². The lowest BCUT2D eigenvalue weighted by atomic mass is 10.2. The molecule has 1 aromatic heterocycles. The third-order valence-corrected chi connectivity index (χ3v) is 4.14. The van der Waals surface area contributed by atoms with Crippen molar-refractivity contribution in [3.8, 4) is 0 Å². The van der Waals surface area contributed by atoms with Crippen molar-refractivity contribution in [3.63, 3.8) is 0 Å². The maximum Gasteiger partial charge on any atom is 0.212 e. The van der Waals surface area contributed by atoms with Gasteiger partial charge in [0.15, 0.2) is 0 Å². The number of hydrogen-bond acceptors (Lipinski definition) is 3. The highest BCUT2D eigenvalue weighted by atomic mass is 35.5. The Labute approximate surface area is 107 Å². The summed E-state index contributed by atoms with van der Waals surface area (Å²) in [7, 11) is -3.24. The molecular formula is C11H17ClN2O2S. The molecule has 1 aromatic rings. The van der Waals surface area contributed by atoms with Gasteiger partial charge in [-0.25, -0.2) is 13.1 Å². The predicted molar refractivity (Wildman–Crippen MR) is 69.5 cm³/mol. The van der Waals surface area contributed by atoms with E-state index in [1.54, 1.807) is 25.4 Å². The summed E-state index contributed by atoms with van der Waals surface area (Å²) in [5, 5.41) is 0. The predicted octanol–water partition coefficient (Wildman–Crippen LogP) is 2.08. The van der Waals surface area contributed by atoms with Crippen LogP contribution in [0.3, 0.4) is 0 Å². The Bertz CT molecular complexity index is 422. The number of unbranched alkanes of at least 4 members (excludes halogenated alkanes) is 1. The quantitative estimate of drug-likeness (QED) is 0.613. The number of pyridine rings is 1. The summed E-state index contributed by atoms with van der Waals surface area (Å²) >= 11 is 5.51.